The topological polar surface area (TPSA) is 72.9 Å². The van der Waals surface area contributed by atoms with Crippen molar-refractivity contribution in [2.24, 2.45) is 0 Å². The minimum atomic E-state index is -0.369. The van der Waals surface area contributed by atoms with E-state index >= 15 is 0 Å². The second-order valence-corrected chi connectivity index (χ2v) is 5.56. The van der Waals surface area contributed by atoms with E-state index in [4.69, 9.17) is 9.57 Å². The number of amides is 1. The second-order valence-electron chi connectivity index (χ2n) is 5.56. The summed E-state index contributed by atoms with van der Waals surface area (Å²) in [6.45, 7) is 1.92. The number of allylic oxidation sites excluding steroid dienone is 3. The van der Waals surface area contributed by atoms with Gasteiger partial charge in [-0.05, 0) is 12.5 Å². The molecule has 1 aliphatic rings. The first-order chi connectivity index (χ1) is 12.0. The Bertz CT molecular complexity index is 776. The molecule has 2 rings (SSSR count). The number of likely N-dealkylation sites (N-methyl/N-ethyl adjacent to an activating group) is 1. The van der Waals surface area contributed by atoms with Crippen molar-refractivity contribution >= 4 is 17.5 Å². The van der Waals surface area contributed by atoms with Crippen LogP contribution in [0.15, 0.2) is 47.2 Å². The number of nitrogens with zero attached hydrogens (tertiary/aromatic N) is 1. The highest BCUT2D eigenvalue weighted by atomic mass is 16.7. The van der Waals surface area contributed by atoms with Crippen molar-refractivity contribution in [2.75, 3.05) is 21.3 Å². The van der Waals surface area contributed by atoms with Gasteiger partial charge in [0.1, 0.15) is 0 Å². The SMILES string of the molecule is CCCC(=CC1=C(OC)C(=O)c2ccccc2C1=O)C(=O)N(C)OC. The first-order valence-electron chi connectivity index (χ1n) is 7.95. The van der Waals surface area contributed by atoms with E-state index in [2.05, 4.69) is 0 Å². The molecule has 0 aromatic heterocycles. The number of methoxy groups -OCH3 is 1. The molecule has 0 bridgehead atoms. The predicted molar refractivity (Wildman–Crippen MR) is 91.9 cm³/mol. The molecule has 1 aromatic rings. The molecule has 0 radical (unpaired) electrons. The quantitative estimate of drug-likeness (QED) is 0.586. The molecule has 0 fully saturated rings. The largest absolute Gasteiger partial charge is 0.492 e. The standard InChI is InChI=1S/C19H21NO5/c1-5-8-12(19(23)20(2)25-4)11-15-16(21)13-9-6-7-10-14(13)17(22)18(15)24-3/h6-7,9-11H,5,8H2,1-4H3. The normalized spacial score (nSPS) is 14.5. The van der Waals surface area contributed by atoms with Crippen LogP contribution in [0, 0.1) is 0 Å². The lowest BCUT2D eigenvalue weighted by Crippen LogP contribution is -2.28. The van der Waals surface area contributed by atoms with Gasteiger partial charge < -0.3 is 4.74 Å². The van der Waals surface area contributed by atoms with Crippen LogP contribution in [0.2, 0.25) is 0 Å². The summed E-state index contributed by atoms with van der Waals surface area (Å²) in [5.41, 5.74) is 1.08. The average molecular weight is 343 g/mol. The summed E-state index contributed by atoms with van der Waals surface area (Å²) in [6, 6.07) is 6.57. The summed E-state index contributed by atoms with van der Waals surface area (Å²) in [5, 5.41) is 1.08. The van der Waals surface area contributed by atoms with Gasteiger partial charge in [-0.3, -0.25) is 19.2 Å². The van der Waals surface area contributed by atoms with Crippen LogP contribution in [0.1, 0.15) is 40.5 Å². The third-order valence-electron chi connectivity index (χ3n) is 3.99. The smallest absolute Gasteiger partial charge is 0.273 e. The molecule has 1 aromatic carbocycles. The molecule has 0 aliphatic heterocycles. The molecule has 132 valence electrons. The van der Waals surface area contributed by atoms with Gasteiger partial charge in [0.05, 0.1) is 19.8 Å². The number of hydrogen-bond acceptors (Lipinski definition) is 5. The van der Waals surface area contributed by atoms with Gasteiger partial charge >= 0.3 is 0 Å². The van der Waals surface area contributed by atoms with Gasteiger partial charge in [0.2, 0.25) is 5.78 Å². The first kappa shape index (κ1) is 18.6. The maximum Gasteiger partial charge on any atom is 0.273 e. The summed E-state index contributed by atoms with van der Waals surface area (Å²) in [7, 11) is 4.21. The van der Waals surface area contributed by atoms with Crippen molar-refractivity contribution in [1.29, 1.82) is 0 Å². The third-order valence-corrected chi connectivity index (χ3v) is 3.99. The molecule has 6 heteroatoms. The summed E-state index contributed by atoms with van der Waals surface area (Å²) in [5.74, 6) is -1.13. The number of carbonyl (C=O) groups excluding carboxylic acids is 3. The summed E-state index contributed by atoms with van der Waals surface area (Å²) in [6.07, 6.45) is 2.58. The Morgan fingerprint density at radius 1 is 1.12 bits per heavy atom. The Morgan fingerprint density at radius 3 is 2.24 bits per heavy atom. The number of Topliss-reactive ketones (excluding diaryl/α,β-unsaturated/α-hetero) is 2. The number of hydrogen-bond donors (Lipinski definition) is 0. The Balaban J connectivity index is 2.59. The highest BCUT2D eigenvalue weighted by Gasteiger charge is 2.32. The number of rotatable bonds is 6. The van der Waals surface area contributed by atoms with Crippen LogP contribution < -0.4 is 0 Å². The van der Waals surface area contributed by atoms with Gasteiger partial charge in [0.25, 0.3) is 5.91 Å². The second kappa shape index (κ2) is 7.90. The molecule has 0 saturated carbocycles. The van der Waals surface area contributed by atoms with E-state index in [1.165, 1.54) is 27.3 Å². The van der Waals surface area contributed by atoms with Gasteiger partial charge in [-0.15, -0.1) is 0 Å². The minimum Gasteiger partial charge on any atom is -0.492 e. The maximum atomic E-state index is 12.8. The number of carbonyl (C=O) groups is 3. The van der Waals surface area contributed by atoms with E-state index in [1.54, 1.807) is 24.3 Å². The Hall–Kier alpha value is -2.73. The fourth-order valence-electron chi connectivity index (χ4n) is 2.68. The number of ether oxygens (including phenoxy) is 1. The molecule has 0 spiro atoms. The summed E-state index contributed by atoms with van der Waals surface area (Å²) >= 11 is 0. The summed E-state index contributed by atoms with van der Waals surface area (Å²) < 4.78 is 5.20. The molecule has 6 nitrogen and oxygen atoms in total. The van der Waals surface area contributed by atoms with E-state index in [-0.39, 0.29) is 28.8 Å². The van der Waals surface area contributed by atoms with Crippen molar-refractivity contribution in [3.8, 4) is 0 Å². The molecule has 1 amide bonds. The average Bonchev–Trinajstić information content (AvgIpc) is 2.64. The number of benzene rings is 1. The van der Waals surface area contributed by atoms with Crippen LogP contribution in [0.5, 0.6) is 0 Å². The molecule has 0 heterocycles. The zero-order chi connectivity index (χ0) is 18.6. The van der Waals surface area contributed by atoms with Gasteiger partial charge in [0, 0.05) is 23.7 Å². The van der Waals surface area contributed by atoms with Crippen LogP contribution in [-0.2, 0) is 14.4 Å². The van der Waals surface area contributed by atoms with Crippen molar-refractivity contribution in [3.05, 3.63) is 58.4 Å². The maximum absolute atomic E-state index is 12.8. The zero-order valence-corrected chi connectivity index (χ0v) is 14.8. The zero-order valence-electron chi connectivity index (χ0n) is 14.8. The Morgan fingerprint density at radius 2 is 1.72 bits per heavy atom. The van der Waals surface area contributed by atoms with Crippen LogP contribution in [0.4, 0.5) is 0 Å². The molecule has 25 heavy (non-hydrogen) atoms. The van der Waals surface area contributed by atoms with Gasteiger partial charge in [-0.2, -0.15) is 0 Å². The molecular weight excluding hydrogens is 322 g/mol. The van der Waals surface area contributed by atoms with Crippen LogP contribution >= 0.6 is 0 Å². The molecule has 0 unspecified atom stereocenters. The highest BCUT2D eigenvalue weighted by molar-refractivity contribution is 6.27. The molecule has 0 N–H and O–H groups in total. The highest BCUT2D eigenvalue weighted by Crippen LogP contribution is 2.28. The monoisotopic (exact) mass is 343 g/mol. The number of fused-ring (bicyclic) bond motifs is 1. The van der Waals surface area contributed by atoms with Crippen molar-refractivity contribution in [1.82, 2.24) is 5.06 Å². The molecular formula is C19H21NO5. The van der Waals surface area contributed by atoms with Crippen LogP contribution in [0.25, 0.3) is 0 Å². The predicted octanol–water partition coefficient (Wildman–Crippen LogP) is 2.71. The minimum absolute atomic E-state index is 0.0508. The number of ketones is 2. The van der Waals surface area contributed by atoms with E-state index in [0.717, 1.165) is 5.06 Å². The van der Waals surface area contributed by atoms with E-state index < -0.39 is 0 Å². The van der Waals surface area contributed by atoms with Gasteiger partial charge in [0.15, 0.2) is 11.5 Å². The fraction of sp³-hybridized carbons (Fsp3) is 0.316. The van der Waals surface area contributed by atoms with Crippen molar-refractivity contribution in [2.45, 2.75) is 19.8 Å². The van der Waals surface area contributed by atoms with Crippen molar-refractivity contribution in [3.63, 3.8) is 0 Å². The van der Waals surface area contributed by atoms with Crippen LogP contribution in [0.3, 0.4) is 0 Å². The van der Waals surface area contributed by atoms with Crippen LogP contribution in [-0.4, -0.2) is 43.8 Å². The van der Waals surface area contributed by atoms with E-state index in [9.17, 15) is 14.4 Å². The van der Waals surface area contributed by atoms with E-state index in [1.807, 2.05) is 6.92 Å². The van der Waals surface area contributed by atoms with Gasteiger partial charge in [-0.25, -0.2) is 5.06 Å². The number of hydroxylamine groups is 2. The van der Waals surface area contributed by atoms with Gasteiger partial charge in [-0.1, -0.05) is 37.6 Å². The van der Waals surface area contributed by atoms with E-state index in [0.29, 0.717) is 29.5 Å². The lowest BCUT2D eigenvalue weighted by atomic mass is 9.87. The fourth-order valence-corrected chi connectivity index (χ4v) is 2.68. The first-order valence-corrected chi connectivity index (χ1v) is 7.95. The molecule has 1 aliphatic carbocycles. The lowest BCUT2D eigenvalue weighted by molar-refractivity contribution is -0.164. The third kappa shape index (κ3) is 3.53. The molecule has 0 saturated heterocycles. The Kier molecular flexibility index (Phi) is 5.88. The molecule has 0 atom stereocenters. The van der Waals surface area contributed by atoms with Crippen molar-refractivity contribution < 1.29 is 24.0 Å². The lowest BCUT2D eigenvalue weighted by Gasteiger charge is -2.20. The summed E-state index contributed by atoms with van der Waals surface area (Å²) in [4.78, 5) is 42.8. The Labute approximate surface area is 146 Å².